The lowest BCUT2D eigenvalue weighted by atomic mass is 9.87. The molecule has 0 aliphatic heterocycles. The van der Waals surface area contributed by atoms with Gasteiger partial charge in [-0.3, -0.25) is 4.79 Å². The minimum atomic E-state index is -0.143. The van der Waals surface area contributed by atoms with E-state index in [0.29, 0.717) is 5.69 Å². The van der Waals surface area contributed by atoms with Crippen LogP contribution >= 0.6 is 0 Å². The number of aromatic nitrogens is 2. The smallest absolute Gasteiger partial charge is 0.273 e. The predicted molar refractivity (Wildman–Crippen MR) is 78.1 cm³/mol. The van der Waals surface area contributed by atoms with Gasteiger partial charge in [-0.25, -0.2) is 0 Å². The third-order valence-corrected chi connectivity index (χ3v) is 3.07. The molecule has 0 aliphatic rings. The van der Waals surface area contributed by atoms with Crippen molar-refractivity contribution in [2.45, 2.75) is 26.2 Å². The summed E-state index contributed by atoms with van der Waals surface area (Å²) in [6, 6.07) is 9.46. The molecular formula is C15H19N3O. The predicted octanol–water partition coefficient (Wildman–Crippen LogP) is 2.57. The SMILES string of the molecule is CNc1cnn(-c2ccc(C(C)(C)C)cc2)c(=O)c1. The number of anilines is 1. The van der Waals surface area contributed by atoms with Crippen molar-refractivity contribution in [3.63, 3.8) is 0 Å². The van der Waals surface area contributed by atoms with Gasteiger partial charge >= 0.3 is 0 Å². The topological polar surface area (TPSA) is 46.9 Å². The van der Waals surface area contributed by atoms with Crippen molar-refractivity contribution >= 4 is 5.69 Å². The zero-order chi connectivity index (χ0) is 14.0. The monoisotopic (exact) mass is 257 g/mol. The minimum Gasteiger partial charge on any atom is -0.387 e. The van der Waals surface area contributed by atoms with Crippen LogP contribution in [0.15, 0.2) is 41.3 Å². The summed E-state index contributed by atoms with van der Waals surface area (Å²) in [5.41, 5.74) is 2.69. The number of nitrogens with zero attached hydrogens (tertiary/aromatic N) is 2. The number of hydrogen-bond acceptors (Lipinski definition) is 3. The number of nitrogens with one attached hydrogen (secondary N) is 1. The van der Waals surface area contributed by atoms with Crippen LogP contribution in [0.1, 0.15) is 26.3 Å². The van der Waals surface area contributed by atoms with Crippen LogP contribution in [0, 0.1) is 0 Å². The molecule has 0 spiro atoms. The molecule has 0 unspecified atom stereocenters. The Kier molecular flexibility index (Phi) is 3.42. The highest BCUT2D eigenvalue weighted by molar-refractivity contribution is 5.41. The molecule has 4 nitrogen and oxygen atoms in total. The van der Waals surface area contributed by atoms with Crippen molar-refractivity contribution in [2.75, 3.05) is 12.4 Å². The summed E-state index contributed by atoms with van der Waals surface area (Å²) in [6.07, 6.45) is 1.64. The van der Waals surface area contributed by atoms with Crippen molar-refractivity contribution < 1.29 is 0 Å². The fraction of sp³-hybridized carbons (Fsp3) is 0.333. The van der Waals surface area contributed by atoms with Gasteiger partial charge in [0.25, 0.3) is 5.56 Å². The first-order chi connectivity index (χ1) is 8.91. The molecule has 2 aromatic rings. The molecule has 1 aromatic carbocycles. The summed E-state index contributed by atoms with van der Waals surface area (Å²) in [5, 5.41) is 7.05. The van der Waals surface area contributed by atoms with Crippen LogP contribution in [0.3, 0.4) is 0 Å². The Balaban J connectivity index is 2.40. The second-order valence-electron chi connectivity index (χ2n) is 5.54. The van der Waals surface area contributed by atoms with E-state index in [9.17, 15) is 4.79 Å². The van der Waals surface area contributed by atoms with E-state index >= 15 is 0 Å². The molecule has 0 saturated heterocycles. The van der Waals surface area contributed by atoms with Gasteiger partial charge in [-0.2, -0.15) is 9.78 Å². The van der Waals surface area contributed by atoms with Crippen molar-refractivity contribution in [1.29, 1.82) is 0 Å². The average Bonchev–Trinajstić information content (AvgIpc) is 2.37. The second-order valence-corrected chi connectivity index (χ2v) is 5.54. The van der Waals surface area contributed by atoms with Gasteiger partial charge in [0.2, 0.25) is 0 Å². The highest BCUT2D eigenvalue weighted by Crippen LogP contribution is 2.22. The third kappa shape index (κ3) is 2.84. The van der Waals surface area contributed by atoms with Gasteiger partial charge in [-0.1, -0.05) is 32.9 Å². The number of rotatable bonds is 2. The van der Waals surface area contributed by atoms with Crippen LogP contribution in [0.5, 0.6) is 0 Å². The van der Waals surface area contributed by atoms with Gasteiger partial charge in [0.05, 0.1) is 17.6 Å². The highest BCUT2D eigenvalue weighted by Gasteiger charge is 2.13. The van der Waals surface area contributed by atoms with Crippen LogP contribution in [0.4, 0.5) is 5.69 Å². The Bertz CT molecular complexity index is 621. The largest absolute Gasteiger partial charge is 0.387 e. The van der Waals surface area contributed by atoms with Crippen LogP contribution in [0.25, 0.3) is 5.69 Å². The normalized spacial score (nSPS) is 11.4. The van der Waals surface area contributed by atoms with Crippen LogP contribution in [0.2, 0.25) is 0 Å². The van der Waals surface area contributed by atoms with E-state index in [1.54, 1.807) is 13.2 Å². The van der Waals surface area contributed by atoms with E-state index in [-0.39, 0.29) is 11.0 Å². The second kappa shape index (κ2) is 4.88. The van der Waals surface area contributed by atoms with Gasteiger partial charge < -0.3 is 5.32 Å². The van der Waals surface area contributed by atoms with Gasteiger partial charge in [0.1, 0.15) is 0 Å². The van der Waals surface area contributed by atoms with Gasteiger partial charge in [0.15, 0.2) is 0 Å². The molecule has 19 heavy (non-hydrogen) atoms. The van der Waals surface area contributed by atoms with Gasteiger partial charge in [-0.15, -0.1) is 0 Å². The quantitative estimate of drug-likeness (QED) is 0.899. The van der Waals surface area contributed by atoms with Crippen molar-refractivity contribution in [3.8, 4) is 5.69 Å². The summed E-state index contributed by atoms with van der Waals surface area (Å²) >= 11 is 0. The van der Waals surface area contributed by atoms with Crippen molar-refractivity contribution in [1.82, 2.24) is 9.78 Å². The van der Waals surface area contributed by atoms with E-state index in [1.807, 2.05) is 24.3 Å². The Hall–Kier alpha value is -2.10. The lowest BCUT2D eigenvalue weighted by Crippen LogP contribution is -2.20. The molecule has 2 rings (SSSR count). The molecule has 1 N–H and O–H groups in total. The molecule has 0 aliphatic carbocycles. The Morgan fingerprint density at radius 2 is 1.79 bits per heavy atom. The van der Waals surface area contributed by atoms with Gasteiger partial charge in [0, 0.05) is 13.1 Å². The molecule has 0 fully saturated rings. The molecule has 1 heterocycles. The molecule has 100 valence electrons. The standard InChI is InChI=1S/C15H19N3O/c1-15(2,3)11-5-7-13(8-6-11)18-14(19)9-12(16-4)10-17-18/h5-10,16H,1-4H3. The minimum absolute atomic E-state index is 0.104. The van der Waals surface area contributed by atoms with Gasteiger partial charge in [-0.05, 0) is 23.1 Å². The van der Waals surface area contributed by atoms with E-state index in [2.05, 4.69) is 31.2 Å². The number of hydrogen-bond donors (Lipinski definition) is 1. The average molecular weight is 257 g/mol. The Labute approximate surface area is 113 Å². The first kappa shape index (κ1) is 13.3. The van der Waals surface area contributed by atoms with E-state index in [1.165, 1.54) is 16.3 Å². The Morgan fingerprint density at radius 3 is 2.26 bits per heavy atom. The summed E-state index contributed by atoms with van der Waals surface area (Å²) in [5.74, 6) is 0. The molecule has 0 atom stereocenters. The molecule has 1 aromatic heterocycles. The third-order valence-electron chi connectivity index (χ3n) is 3.07. The highest BCUT2D eigenvalue weighted by atomic mass is 16.1. The van der Waals surface area contributed by atoms with E-state index in [0.717, 1.165) is 5.69 Å². The van der Waals surface area contributed by atoms with Crippen LogP contribution in [-0.2, 0) is 5.41 Å². The summed E-state index contributed by atoms with van der Waals surface area (Å²) < 4.78 is 1.40. The van der Waals surface area contributed by atoms with Crippen molar-refractivity contribution in [3.05, 3.63) is 52.4 Å². The molecule has 0 amide bonds. The molecular weight excluding hydrogens is 238 g/mol. The van der Waals surface area contributed by atoms with Crippen molar-refractivity contribution in [2.24, 2.45) is 0 Å². The van der Waals surface area contributed by atoms with Crippen LogP contribution < -0.4 is 10.9 Å². The van der Waals surface area contributed by atoms with Crippen LogP contribution in [-0.4, -0.2) is 16.8 Å². The summed E-state index contributed by atoms with van der Waals surface area (Å²) in [6.45, 7) is 6.48. The molecule has 0 radical (unpaired) electrons. The fourth-order valence-corrected chi connectivity index (χ4v) is 1.84. The fourth-order valence-electron chi connectivity index (χ4n) is 1.84. The maximum Gasteiger partial charge on any atom is 0.273 e. The maximum absolute atomic E-state index is 11.9. The zero-order valence-corrected chi connectivity index (χ0v) is 11.8. The summed E-state index contributed by atoms with van der Waals surface area (Å²) in [7, 11) is 1.76. The molecule has 4 heteroatoms. The summed E-state index contributed by atoms with van der Waals surface area (Å²) in [4.78, 5) is 11.9. The Morgan fingerprint density at radius 1 is 1.16 bits per heavy atom. The zero-order valence-electron chi connectivity index (χ0n) is 11.8. The molecule has 0 bridgehead atoms. The first-order valence-electron chi connectivity index (χ1n) is 6.30. The molecule has 0 saturated carbocycles. The number of benzene rings is 1. The lowest BCUT2D eigenvalue weighted by molar-refractivity contribution is 0.590. The maximum atomic E-state index is 11.9. The lowest BCUT2D eigenvalue weighted by Gasteiger charge is -2.19. The van der Waals surface area contributed by atoms with E-state index in [4.69, 9.17) is 0 Å². The van der Waals surface area contributed by atoms with E-state index < -0.39 is 0 Å². The first-order valence-corrected chi connectivity index (χ1v) is 6.30.